The van der Waals surface area contributed by atoms with E-state index in [0.717, 1.165) is 76.1 Å². The van der Waals surface area contributed by atoms with Gasteiger partial charge in [0.25, 0.3) is 0 Å². The van der Waals surface area contributed by atoms with Gasteiger partial charge in [0.15, 0.2) is 5.83 Å². The van der Waals surface area contributed by atoms with Crippen LogP contribution >= 0.6 is 20.6 Å². The van der Waals surface area contributed by atoms with Gasteiger partial charge in [0.2, 0.25) is 5.95 Å². The SMILES string of the molecule is CCCCCCCC.N#Cc1c(N)sc2c1C(c1c3c(c4cnc(N5CCCC5)nc4c1P)COC3)NC=C2F. The number of anilines is 2. The van der Waals surface area contributed by atoms with Crippen molar-refractivity contribution < 1.29 is 9.13 Å². The molecule has 212 valence electrons. The van der Waals surface area contributed by atoms with Crippen molar-refractivity contribution in [3.63, 3.8) is 0 Å². The van der Waals surface area contributed by atoms with Gasteiger partial charge in [-0.1, -0.05) is 52.4 Å². The molecule has 0 amide bonds. The summed E-state index contributed by atoms with van der Waals surface area (Å²) in [7, 11) is 2.82. The highest BCUT2D eigenvalue weighted by Crippen LogP contribution is 2.46. The van der Waals surface area contributed by atoms with E-state index in [4.69, 9.17) is 15.5 Å². The molecular formula is C30H38FN6OPS. The van der Waals surface area contributed by atoms with E-state index in [2.05, 4.69) is 44.4 Å². The number of thiophene rings is 1. The van der Waals surface area contributed by atoms with Crippen molar-refractivity contribution in [3.05, 3.63) is 45.1 Å². The van der Waals surface area contributed by atoms with E-state index in [1.54, 1.807) is 0 Å². The molecule has 3 aliphatic rings. The van der Waals surface area contributed by atoms with Crippen LogP contribution in [-0.4, -0.2) is 23.1 Å². The summed E-state index contributed by atoms with van der Waals surface area (Å²) in [6.07, 6.45) is 14.0. The van der Waals surface area contributed by atoms with E-state index >= 15 is 0 Å². The average Bonchev–Trinajstić information content (AvgIpc) is 3.73. The fourth-order valence-corrected chi connectivity index (χ4v) is 7.34. The summed E-state index contributed by atoms with van der Waals surface area (Å²) in [6.45, 7) is 7.33. The lowest BCUT2D eigenvalue weighted by atomic mass is 9.88. The number of hydrogen-bond acceptors (Lipinski definition) is 8. The topological polar surface area (TPSA) is 100 Å². The molecule has 40 heavy (non-hydrogen) atoms. The predicted molar refractivity (Wildman–Crippen MR) is 165 cm³/mol. The number of nitrogens with two attached hydrogens (primary N) is 1. The molecule has 5 heterocycles. The maximum atomic E-state index is 14.6. The Morgan fingerprint density at radius 3 is 2.52 bits per heavy atom. The molecule has 1 saturated heterocycles. The van der Waals surface area contributed by atoms with Crippen LogP contribution in [0.25, 0.3) is 16.7 Å². The van der Waals surface area contributed by atoms with Gasteiger partial charge in [-0.2, -0.15) is 5.26 Å². The first-order valence-electron chi connectivity index (χ1n) is 14.4. The predicted octanol–water partition coefficient (Wildman–Crippen LogP) is 6.60. The monoisotopic (exact) mass is 580 g/mol. The molecule has 3 aliphatic heterocycles. The van der Waals surface area contributed by atoms with E-state index in [1.807, 2.05) is 6.20 Å². The van der Waals surface area contributed by atoms with Crippen molar-refractivity contribution in [1.82, 2.24) is 15.3 Å². The van der Waals surface area contributed by atoms with Crippen LogP contribution in [0.5, 0.6) is 0 Å². The smallest absolute Gasteiger partial charge is 0.225 e. The lowest BCUT2D eigenvalue weighted by Gasteiger charge is -2.27. The number of nitrogens with zero attached hydrogens (tertiary/aromatic N) is 4. The Kier molecular flexibility index (Phi) is 9.20. The molecule has 0 bridgehead atoms. The van der Waals surface area contributed by atoms with E-state index in [-0.39, 0.29) is 0 Å². The summed E-state index contributed by atoms with van der Waals surface area (Å²) in [5.41, 5.74) is 10.9. The summed E-state index contributed by atoms with van der Waals surface area (Å²) in [6, 6.07) is 1.75. The molecule has 3 aromatic rings. The van der Waals surface area contributed by atoms with Gasteiger partial charge in [-0.15, -0.1) is 20.6 Å². The lowest BCUT2D eigenvalue weighted by Crippen LogP contribution is -2.28. The van der Waals surface area contributed by atoms with Crippen molar-refractivity contribution in [2.24, 2.45) is 0 Å². The first kappa shape index (κ1) is 28.7. The number of aromatic nitrogens is 2. The zero-order valence-electron chi connectivity index (χ0n) is 23.4. The molecule has 0 aliphatic carbocycles. The summed E-state index contributed by atoms with van der Waals surface area (Å²) in [5, 5.41) is 15.1. The quantitative estimate of drug-likeness (QED) is 0.240. The van der Waals surface area contributed by atoms with Gasteiger partial charge in [-0.3, -0.25) is 0 Å². The normalized spacial score (nSPS) is 17.5. The minimum absolute atomic E-state index is 0.323. The van der Waals surface area contributed by atoms with E-state index in [1.165, 1.54) is 44.7 Å². The van der Waals surface area contributed by atoms with Crippen LogP contribution in [0.15, 0.2) is 12.4 Å². The zero-order chi connectivity index (χ0) is 28.2. The molecule has 10 heteroatoms. The Balaban J connectivity index is 0.000000355. The number of benzene rings is 1. The molecule has 3 N–H and O–H groups in total. The Hall–Kier alpha value is -2.79. The second-order valence-corrected chi connectivity index (χ2v) is 12.2. The van der Waals surface area contributed by atoms with Crippen LogP contribution in [-0.2, 0) is 18.0 Å². The minimum atomic E-state index is -0.426. The van der Waals surface area contributed by atoms with Crippen molar-refractivity contribution >= 4 is 53.6 Å². The standard InChI is InChI=1S/C22H20FN6OPS.C8H18/c23-14-7-26-18(16-10(5-24)21(25)32-20(14)16)15-13-9-30-8-12(13)11-6-27-22(28-17(11)19(15)31)29-3-1-2-4-29;1-3-5-7-8-6-4-2/h6-7,18,26H,1-4,8-9,25,31H2;3-8H2,1-2H3. The molecule has 0 saturated carbocycles. The van der Waals surface area contributed by atoms with Crippen LogP contribution in [0.1, 0.15) is 104 Å². The Bertz CT molecular complexity index is 1450. The van der Waals surface area contributed by atoms with Crippen LogP contribution in [0, 0.1) is 11.3 Å². The molecule has 0 spiro atoms. The summed E-state index contributed by atoms with van der Waals surface area (Å²) < 4.78 is 20.5. The molecule has 2 aromatic heterocycles. The van der Waals surface area contributed by atoms with Gasteiger partial charge in [0.1, 0.15) is 11.1 Å². The third-order valence-electron chi connectivity index (χ3n) is 7.93. The number of halogens is 1. The highest BCUT2D eigenvalue weighted by atomic mass is 32.1. The molecule has 2 atom stereocenters. The second kappa shape index (κ2) is 12.8. The Morgan fingerprint density at radius 2 is 1.85 bits per heavy atom. The highest BCUT2D eigenvalue weighted by molar-refractivity contribution is 7.28. The molecular weight excluding hydrogens is 542 g/mol. The second-order valence-electron chi connectivity index (χ2n) is 10.6. The number of nitrogen functional groups attached to an aromatic ring is 1. The van der Waals surface area contributed by atoms with Crippen molar-refractivity contribution in [3.8, 4) is 6.07 Å². The number of nitriles is 1. The molecule has 1 aromatic carbocycles. The van der Waals surface area contributed by atoms with E-state index in [0.29, 0.717) is 34.2 Å². The number of nitrogens with one attached hydrogen (secondary N) is 1. The van der Waals surface area contributed by atoms with Gasteiger partial charge < -0.3 is 20.7 Å². The van der Waals surface area contributed by atoms with Crippen LogP contribution < -0.4 is 21.3 Å². The molecule has 1 fully saturated rings. The fraction of sp³-hybridized carbons (Fsp3) is 0.500. The van der Waals surface area contributed by atoms with Crippen molar-refractivity contribution in [1.29, 1.82) is 5.26 Å². The summed E-state index contributed by atoms with van der Waals surface area (Å²) in [5.74, 6) is 0.316. The van der Waals surface area contributed by atoms with Gasteiger partial charge >= 0.3 is 0 Å². The summed E-state index contributed by atoms with van der Waals surface area (Å²) in [4.78, 5) is 12.2. The van der Waals surface area contributed by atoms with Gasteiger partial charge in [0, 0.05) is 41.7 Å². The molecule has 0 radical (unpaired) electrons. The number of unbranched alkanes of at least 4 members (excludes halogenated alkanes) is 5. The van der Waals surface area contributed by atoms with Gasteiger partial charge in [-0.25, -0.2) is 14.4 Å². The zero-order valence-corrected chi connectivity index (χ0v) is 25.3. The fourth-order valence-electron chi connectivity index (χ4n) is 5.82. The number of ether oxygens (including phenoxy) is 1. The summed E-state index contributed by atoms with van der Waals surface area (Å²) >= 11 is 1.11. The lowest BCUT2D eigenvalue weighted by molar-refractivity contribution is 0.134. The minimum Gasteiger partial charge on any atom is -0.389 e. The Morgan fingerprint density at radius 1 is 1.15 bits per heavy atom. The largest absolute Gasteiger partial charge is 0.389 e. The first-order chi connectivity index (χ1) is 19.5. The molecule has 7 nitrogen and oxygen atoms in total. The van der Waals surface area contributed by atoms with E-state index in [9.17, 15) is 9.65 Å². The third kappa shape index (κ3) is 5.42. The van der Waals surface area contributed by atoms with Crippen molar-refractivity contribution in [2.45, 2.75) is 84.5 Å². The first-order valence-corrected chi connectivity index (χ1v) is 15.8. The number of fused-ring (bicyclic) bond motifs is 4. The van der Waals surface area contributed by atoms with Crippen LogP contribution in [0.2, 0.25) is 0 Å². The van der Waals surface area contributed by atoms with Gasteiger partial charge in [0.05, 0.1) is 35.2 Å². The molecule has 2 unspecified atom stereocenters. The average molecular weight is 581 g/mol. The third-order valence-corrected chi connectivity index (χ3v) is 9.56. The molecule has 6 rings (SSSR count). The van der Waals surface area contributed by atoms with Crippen molar-refractivity contribution in [2.75, 3.05) is 23.7 Å². The van der Waals surface area contributed by atoms with Crippen LogP contribution in [0.3, 0.4) is 0 Å². The van der Waals surface area contributed by atoms with Crippen LogP contribution in [0.4, 0.5) is 15.3 Å². The van der Waals surface area contributed by atoms with E-state index < -0.39 is 11.9 Å². The number of rotatable bonds is 7. The van der Waals surface area contributed by atoms with Gasteiger partial charge in [-0.05, 0) is 29.5 Å². The highest BCUT2D eigenvalue weighted by Gasteiger charge is 2.35. The maximum Gasteiger partial charge on any atom is 0.225 e. The number of hydrogen-bond donors (Lipinski definition) is 2. The Labute approximate surface area is 242 Å². The maximum absolute atomic E-state index is 14.6.